The minimum atomic E-state index is -3.06. The molecule has 248 valence electrons. The summed E-state index contributed by atoms with van der Waals surface area (Å²) in [6.07, 6.45) is -21.4. The smallest absolute Gasteiger partial charge is 0.544 e. The molecule has 3 saturated heterocycles. The Morgan fingerprint density at radius 1 is 0.933 bits per heavy atom. The molecule has 3 fully saturated rings. The van der Waals surface area contributed by atoms with Crippen LogP contribution in [0.2, 0.25) is 0 Å². The van der Waals surface area contributed by atoms with Gasteiger partial charge in [0.05, 0.1) is 44.7 Å². The van der Waals surface area contributed by atoms with E-state index in [1.807, 2.05) is 0 Å². The fraction of sp³-hybridized carbons (Fsp3) is 0.833. The molecule has 0 bridgehead atoms. The SMILES string of the molecule is C=CCO[C@]1(C(=O)[O-])C[C@@H](O[C@]2(C(=O)[O-])C[C@@H](O)[C@@H](O)[C@@H]([C@H](O)CO)O2)[C@@H](O)[C@@H]([C@H](O)CO[C@H]2OC[C@H](N)[C@H](O)[C@H]2O)O1.[Na+].[Na+]. The molecule has 0 aromatic rings. The first-order valence-electron chi connectivity index (χ1n) is 13.2. The van der Waals surface area contributed by atoms with Gasteiger partial charge in [0.15, 0.2) is 6.29 Å². The van der Waals surface area contributed by atoms with Gasteiger partial charge in [-0.25, -0.2) is 0 Å². The zero-order valence-corrected chi connectivity index (χ0v) is 28.7. The Morgan fingerprint density at radius 3 is 2.07 bits per heavy atom. The van der Waals surface area contributed by atoms with Crippen molar-refractivity contribution in [3.05, 3.63) is 12.7 Å². The predicted octanol–water partition coefficient (Wildman–Crippen LogP) is -14.7. The molecule has 0 spiro atoms. The summed E-state index contributed by atoms with van der Waals surface area (Å²) >= 11 is 0. The van der Waals surface area contributed by atoms with Gasteiger partial charge in [0, 0.05) is 12.8 Å². The first kappa shape index (κ1) is 43.1. The number of hydrogen-bond acceptors (Lipinski definition) is 19. The summed E-state index contributed by atoms with van der Waals surface area (Å²) in [4.78, 5) is 24.6. The molecule has 0 aromatic carbocycles. The van der Waals surface area contributed by atoms with Crippen LogP contribution in [-0.2, 0) is 38.0 Å². The van der Waals surface area contributed by atoms with Crippen LogP contribution in [0.15, 0.2) is 12.7 Å². The number of carbonyl (C=O) groups excluding carboxylic acids is 2. The summed E-state index contributed by atoms with van der Waals surface area (Å²) in [6, 6.07) is -0.942. The topological polar surface area (TPSA) is 324 Å². The number of aliphatic hydroxyl groups excluding tert-OH is 8. The van der Waals surface area contributed by atoms with Crippen molar-refractivity contribution in [2.45, 2.75) is 97.8 Å². The van der Waals surface area contributed by atoms with E-state index >= 15 is 0 Å². The second-order valence-electron chi connectivity index (χ2n) is 10.5. The van der Waals surface area contributed by atoms with Crippen molar-refractivity contribution in [1.82, 2.24) is 0 Å². The average molecular weight is 674 g/mol. The van der Waals surface area contributed by atoms with Gasteiger partial charge in [-0.15, -0.1) is 6.58 Å². The summed E-state index contributed by atoms with van der Waals surface area (Å²) in [6.45, 7) is 0.780. The molecule has 3 aliphatic heterocycles. The van der Waals surface area contributed by atoms with Crippen molar-refractivity contribution in [2.24, 2.45) is 5.73 Å². The third kappa shape index (κ3) is 9.62. The molecule has 3 aliphatic rings. The molecule has 0 amide bonds. The van der Waals surface area contributed by atoms with Crippen LogP contribution in [0.5, 0.6) is 0 Å². The number of carbonyl (C=O) groups is 2. The Labute approximate surface area is 301 Å². The van der Waals surface area contributed by atoms with E-state index in [0.717, 1.165) is 6.08 Å². The van der Waals surface area contributed by atoms with Crippen molar-refractivity contribution in [1.29, 1.82) is 0 Å². The summed E-state index contributed by atoms with van der Waals surface area (Å²) in [7, 11) is 0. The van der Waals surface area contributed by atoms with Crippen molar-refractivity contribution in [2.75, 3.05) is 26.4 Å². The number of carboxylic acids is 2. The number of rotatable bonds is 13. The van der Waals surface area contributed by atoms with Crippen LogP contribution < -0.4 is 75.1 Å². The van der Waals surface area contributed by atoms with E-state index in [4.69, 9.17) is 34.2 Å². The van der Waals surface area contributed by atoms with Crippen LogP contribution in [-0.4, -0.2) is 164 Å². The molecule has 0 aliphatic carbocycles. The summed E-state index contributed by atoms with van der Waals surface area (Å²) < 4.78 is 31.9. The van der Waals surface area contributed by atoms with Gasteiger partial charge in [0.2, 0.25) is 11.6 Å². The predicted molar refractivity (Wildman–Crippen MR) is 128 cm³/mol. The fourth-order valence-corrected chi connectivity index (χ4v) is 4.94. The standard InChI is InChI=1S/C24H39NO18.2Na/c1-2-3-40-23(21(34)35)5-13(41-24(22(36)37)4-10(27)15(31)18(43-24)11(28)6-26)16(32)19(42-23)12(29)8-39-20-17(33)14(30)9(25)7-38-20;;/h2,9-20,26-33H,1,3-8,25H2,(H,34,35)(H,36,37);;/q;2*+1/p-2/t9-,10+,11+,12+,13+,14-,15+,16+,17+,18+,19+,20+,23+,24+;;/m0../s1. The Hall–Kier alpha value is 0.0800. The van der Waals surface area contributed by atoms with Crippen molar-refractivity contribution >= 4 is 11.9 Å². The van der Waals surface area contributed by atoms with Crippen LogP contribution in [0.1, 0.15) is 12.8 Å². The molecule has 0 unspecified atom stereocenters. The van der Waals surface area contributed by atoms with E-state index in [2.05, 4.69) is 6.58 Å². The molecule has 19 nitrogen and oxygen atoms in total. The number of nitrogens with two attached hydrogens (primary N) is 1. The Balaban J connectivity index is 0.00000506. The molecule has 14 atom stereocenters. The second-order valence-corrected chi connectivity index (χ2v) is 10.5. The van der Waals surface area contributed by atoms with Crippen LogP contribution in [0.4, 0.5) is 0 Å². The van der Waals surface area contributed by atoms with Crippen molar-refractivity contribution < 1.29 is 148 Å². The zero-order valence-electron chi connectivity index (χ0n) is 24.7. The van der Waals surface area contributed by atoms with Crippen LogP contribution >= 0.6 is 0 Å². The van der Waals surface area contributed by atoms with E-state index in [1.54, 1.807) is 0 Å². The first-order chi connectivity index (χ1) is 20.1. The Kier molecular flexibility index (Phi) is 17.4. The number of aliphatic carboxylic acids is 2. The second kappa shape index (κ2) is 18.2. The normalized spacial score (nSPS) is 41.5. The molecule has 0 saturated carbocycles. The van der Waals surface area contributed by atoms with Crippen molar-refractivity contribution in [3.63, 3.8) is 0 Å². The molecule has 3 heterocycles. The number of carboxylic acid groups (broad SMARTS) is 2. The average Bonchev–Trinajstić information content (AvgIpc) is 2.96. The fourth-order valence-electron chi connectivity index (χ4n) is 4.94. The molecular formula is C24H37NNa2O18. The minimum absolute atomic E-state index is 0. The quantitative estimate of drug-likeness (QED) is 0.0647. The molecule has 21 heteroatoms. The Bertz CT molecular complexity index is 984. The largest absolute Gasteiger partial charge is 1.00 e. The van der Waals surface area contributed by atoms with Gasteiger partial charge in [0.1, 0.15) is 60.8 Å². The van der Waals surface area contributed by atoms with E-state index in [1.165, 1.54) is 0 Å². The van der Waals surface area contributed by atoms with Crippen LogP contribution in [0.25, 0.3) is 0 Å². The Morgan fingerprint density at radius 2 is 1.51 bits per heavy atom. The molecule has 0 aromatic heterocycles. The number of hydrogen-bond donors (Lipinski definition) is 9. The summed E-state index contributed by atoms with van der Waals surface area (Å²) in [5.41, 5.74) is 5.59. The monoisotopic (exact) mass is 673 g/mol. The van der Waals surface area contributed by atoms with Gasteiger partial charge in [-0.05, 0) is 0 Å². The van der Waals surface area contributed by atoms with Gasteiger partial charge >= 0.3 is 59.1 Å². The van der Waals surface area contributed by atoms with Crippen LogP contribution in [0, 0.1) is 0 Å². The van der Waals surface area contributed by atoms with Gasteiger partial charge in [-0.2, -0.15) is 0 Å². The number of aliphatic hydroxyl groups is 8. The summed E-state index contributed by atoms with van der Waals surface area (Å²) in [5.74, 6) is -10.1. The van der Waals surface area contributed by atoms with Gasteiger partial charge in [-0.1, -0.05) is 6.08 Å². The van der Waals surface area contributed by atoms with E-state index in [0.29, 0.717) is 0 Å². The maximum Gasteiger partial charge on any atom is 1.00 e. The molecule has 10 N–H and O–H groups in total. The van der Waals surface area contributed by atoms with E-state index in [9.17, 15) is 60.7 Å². The summed E-state index contributed by atoms with van der Waals surface area (Å²) in [5, 5.41) is 106. The zero-order chi connectivity index (χ0) is 32.3. The molecule has 0 radical (unpaired) electrons. The van der Waals surface area contributed by atoms with Gasteiger partial charge in [-0.3, -0.25) is 0 Å². The van der Waals surface area contributed by atoms with Crippen LogP contribution in [0.3, 0.4) is 0 Å². The third-order valence-corrected chi connectivity index (χ3v) is 7.34. The molecule has 45 heavy (non-hydrogen) atoms. The molecular weight excluding hydrogens is 636 g/mol. The van der Waals surface area contributed by atoms with Gasteiger partial charge in [0.25, 0.3) is 0 Å². The maximum absolute atomic E-state index is 12.3. The first-order valence-corrected chi connectivity index (χ1v) is 13.2. The molecule has 3 rings (SSSR count). The van der Waals surface area contributed by atoms with E-state index < -0.39 is 130 Å². The minimum Gasteiger partial charge on any atom is -0.544 e. The maximum atomic E-state index is 12.3. The van der Waals surface area contributed by atoms with E-state index in [-0.39, 0.29) is 65.7 Å². The van der Waals surface area contributed by atoms with Gasteiger partial charge < -0.3 is 94.8 Å². The number of ether oxygens (including phenoxy) is 6. The van der Waals surface area contributed by atoms with Crippen molar-refractivity contribution in [3.8, 4) is 0 Å². The third-order valence-electron chi connectivity index (χ3n) is 7.34.